The topological polar surface area (TPSA) is 42.0 Å². The highest BCUT2D eigenvalue weighted by atomic mass is 35.5. The average Bonchev–Trinajstić information content (AvgIpc) is 2.78. The summed E-state index contributed by atoms with van der Waals surface area (Å²) >= 11 is 7.23. The molecule has 1 aromatic heterocycles. The molecule has 0 aliphatic carbocycles. The first-order valence-corrected chi connectivity index (χ1v) is 7.32. The lowest BCUT2D eigenvalue weighted by Crippen LogP contribution is -2.26. The van der Waals surface area contributed by atoms with Gasteiger partial charge in [-0.1, -0.05) is 6.92 Å². The zero-order valence-corrected chi connectivity index (χ0v) is 11.9. The van der Waals surface area contributed by atoms with E-state index in [1.807, 2.05) is 13.1 Å². The largest absolute Gasteiger partial charge is 0.347 e. The smallest absolute Gasteiger partial charge is 0.220 e. The highest BCUT2D eigenvalue weighted by Crippen LogP contribution is 2.20. The monoisotopic (exact) mass is 274 g/mol. The molecule has 1 N–H and O–H groups in total. The van der Waals surface area contributed by atoms with Crippen molar-refractivity contribution in [2.45, 2.75) is 45.6 Å². The van der Waals surface area contributed by atoms with Crippen LogP contribution in [0.15, 0.2) is 6.20 Å². The fourth-order valence-electron chi connectivity index (χ4n) is 1.44. The van der Waals surface area contributed by atoms with E-state index in [9.17, 15) is 4.79 Å². The van der Waals surface area contributed by atoms with Crippen molar-refractivity contribution < 1.29 is 4.79 Å². The number of aryl methyl sites for hydroxylation is 1. The molecule has 0 aliphatic heterocycles. The molecule has 0 spiro atoms. The molecule has 1 rings (SSSR count). The molecule has 0 saturated heterocycles. The van der Waals surface area contributed by atoms with E-state index in [4.69, 9.17) is 11.6 Å². The summed E-state index contributed by atoms with van der Waals surface area (Å²) in [7, 11) is 0. The maximum Gasteiger partial charge on any atom is 0.220 e. The van der Waals surface area contributed by atoms with E-state index < -0.39 is 0 Å². The Balaban J connectivity index is 2.37. The number of amides is 1. The Labute approximate surface area is 112 Å². The second kappa shape index (κ2) is 7.67. The van der Waals surface area contributed by atoms with Crippen LogP contribution in [0.3, 0.4) is 0 Å². The molecule has 0 fully saturated rings. The summed E-state index contributed by atoms with van der Waals surface area (Å²) in [5.74, 6) is 0.700. The number of aromatic nitrogens is 1. The lowest BCUT2D eigenvalue weighted by molar-refractivity contribution is -0.121. The van der Waals surface area contributed by atoms with Crippen molar-refractivity contribution in [1.82, 2.24) is 10.3 Å². The third-order valence-corrected chi connectivity index (χ3v) is 4.05. The maximum atomic E-state index is 11.6. The molecule has 0 radical (unpaired) electrons. The number of alkyl halides is 1. The van der Waals surface area contributed by atoms with Gasteiger partial charge in [0.1, 0.15) is 5.01 Å². The van der Waals surface area contributed by atoms with Crippen molar-refractivity contribution in [1.29, 1.82) is 0 Å². The SMILES string of the molecule is CCc1cnc(C(C)NC(=O)CCCCCl)s1. The van der Waals surface area contributed by atoms with Crippen LogP contribution >= 0.6 is 22.9 Å². The lowest BCUT2D eigenvalue weighted by atomic mass is 10.2. The minimum atomic E-state index is 0.00352. The minimum absolute atomic E-state index is 0.00352. The Kier molecular flexibility index (Phi) is 6.52. The molecule has 1 unspecified atom stereocenters. The molecule has 96 valence electrons. The predicted octanol–water partition coefficient (Wildman–Crippen LogP) is 3.29. The number of hydrogen-bond donors (Lipinski definition) is 1. The summed E-state index contributed by atoms with van der Waals surface area (Å²) in [6.45, 7) is 4.07. The molecule has 1 heterocycles. The predicted molar refractivity (Wildman–Crippen MR) is 72.6 cm³/mol. The number of rotatable bonds is 7. The van der Waals surface area contributed by atoms with E-state index in [-0.39, 0.29) is 11.9 Å². The van der Waals surface area contributed by atoms with E-state index in [2.05, 4.69) is 17.2 Å². The number of carbonyl (C=O) groups is 1. The molecule has 0 saturated carbocycles. The molecular formula is C12H19ClN2OS. The van der Waals surface area contributed by atoms with Gasteiger partial charge in [-0.25, -0.2) is 4.98 Å². The lowest BCUT2D eigenvalue weighted by Gasteiger charge is -2.10. The highest BCUT2D eigenvalue weighted by Gasteiger charge is 2.12. The van der Waals surface area contributed by atoms with Gasteiger partial charge in [0.05, 0.1) is 6.04 Å². The van der Waals surface area contributed by atoms with E-state index in [0.717, 1.165) is 24.3 Å². The van der Waals surface area contributed by atoms with Gasteiger partial charge in [0.15, 0.2) is 0 Å². The van der Waals surface area contributed by atoms with Gasteiger partial charge in [-0.3, -0.25) is 4.79 Å². The molecule has 17 heavy (non-hydrogen) atoms. The van der Waals surface area contributed by atoms with Gasteiger partial charge < -0.3 is 5.32 Å². The summed E-state index contributed by atoms with van der Waals surface area (Å²) in [6, 6.07) is 0.00352. The average molecular weight is 275 g/mol. The van der Waals surface area contributed by atoms with E-state index in [1.165, 1.54) is 4.88 Å². The zero-order valence-electron chi connectivity index (χ0n) is 10.3. The second-order valence-corrected chi connectivity index (χ2v) is 5.48. The number of hydrogen-bond acceptors (Lipinski definition) is 3. The van der Waals surface area contributed by atoms with Crippen LogP contribution in [0.4, 0.5) is 0 Å². The molecule has 1 atom stereocenters. The van der Waals surface area contributed by atoms with Gasteiger partial charge in [0, 0.05) is 23.4 Å². The van der Waals surface area contributed by atoms with Crippen molar-refractivity contribution in [3.63, 3.8) is 0 Å². The first-order valence-electron chi connectivity index (χ1n) is 5.97. The fourth-order valence-corrected chi connectivity index (χ4v) is 2.49. The second-order valence-electron chi connectivity index (χ2n) is 3.95. The van der Waals surface area contributed by atoms with Crippen molar-refractivity contribution in [3.05, 3.63) is 16.1 Å². The van der Waals surface area contributed by atoms with Gasteiger partial charge in [-0.2, -0.15) is 0 Å². The third kappa shape index (κ3) is 5.04. The van der Waals surface area contributed by atoms with Crippen LogP contribution in [-0.2, 0) is 11.2 Å². The summed E-state index contributed by atoms with van der Waals surface area (Å²) in [6.07, 6.45) is 5.16. The molecule has 5 heteroatoms. The van der Waals surface area contributed by atoms with Crippen LogP contribution in [0.1, 0.15) is 49.0 Å². The molecule has 1 amide bonds. The molecule has 0 bridgehead atoms. The standard InChI is InChI=1S/C12H19ClN2OS/c1-3-10-8-14-12(17-10)9(2)15-11(16)6-4-5-7-13/h8-9H,3-7H2,1-2H3,(H,15,16). The summed E-state index contributed by atoms with van der Waals surface area (Å²) in [4.78, 5) is 17.2. The van der Waals surface area contributed by atoms with E-state index in [1.54, 1.807) is 11.3 Å². The van der Waals surface area contributed by atoms with E-state index in [0.29, 0.717) is 12.3 Å². The van der Waals surface area contributed by atoms with Gasteiger partial charge in [-0.15, -0.1) is 22.9 Å². The number of thiazole rings is 1. The van der Waals surface area contributed by atoms with Gasteiger partial charge in [0.25, 0.3) is 0 Å². The Morgan fingerprint density at radius 3 is 2.94 bits per heavy atom. The van der Waals surface area contributed by atoms with Crippen LogP contribution in [0.2, 0.25) is 0 Å². The van der Waals surface area contributed by atoms with E-state index >= 15 is 0 Å². The van der Waals surface area contributed by atoms with Crippen LogP contribution in [-0.4, -0.2) is 16.8 Å². The number of unbranched alkanes of at least 4 members (excludes halogenated alkanes) is 1. The summed E-state index contributed by atoms with van der Waals surface area (Å²) < 4.78 is 0. The first-order chi connectivity index (χ1) is 8.17. The maximum absolute atomic E-state index is 11.6. The molecule has 3 nitrogen and oxygen atoms in total. The number of carbonyl (C=O) groups excluding carboxylic acids is 1. The Morgan fingerprint density at radius 1 is 1.59 bits per heavy atom. The van der Waals surface area contributed by atoms with Crippen LogP contribution in [0, 0.1) is 0 Å². The number of nitrogens with one attached hydrogen (secondary N) is 1. The highest BCUT2D eigenvalue weighted by molar-refractivity contribution is 7.11. The van der Waals surface area contributed by atoms with Crippen LogP contribution in [0.5, 0.6) is 0 Å². The zero-order chi connectivity index (χ0) is 12.7. The Morgan fingerprint density at radius 2 is 2.35 bits per heavy atom. The molecular weight excluding hydrogens is 256 g/mol. The van der Waals surface area contributed by atoms with Crippen molar-refractivity contribution in [3.8, 4) is 0 Å². The quantitative estimate of drug-likeness (QED) is 0.612. The van der Waals surface area contributed by atoms with Gasteiger partial charge in [-0.05, 0) is 26.2 Å². The third-order valence-electron chi connectivity index (χ3n) is 2.46. The molecule has 1 aromatic rings. The first kappa shape index (κ1) is 14.5. The van der Waals surface area contributed by atoms with Crippen molar-refractivity contribution >= 4 is 28.8 Å². The van der Waals surface area contributed by atoms with Crippen LogP contribution in [0.25, 0.3) is 0 Å². The Hall–Kier alpha value is -0.610. The summed E-state index contributed by atoms with van der Waals surface area (Å²) in [5.41, 5.74) is 0. The van der Waals surface area contributed by atoms with Crippen LogP contribution < -0.4 is 5.32 Å². The van der Waals surface area contributed by atoms with Gasteiger partial charge >= 0.3 is 0 Å². The normalized spacial score (nSPS) is 12.4. The minimum Gasteiger partial charge on any atom is -0.347 e. The summed E-state index contributed by atoms with van der Waals surface area (Å²) in [5, 5.41) is 3.94. The van der Waals surface area contributed by atoms with Crippen molar-refractivity contribution in [2.75, 3.05) is 5.88 Å². The number of halogens is 1. The van der Waals surface area contributed by atoms with Gasteiger partial charge in [0.2, 0.25) is 5.91 Å². The molecule has 0 aliphatic rings. The van der Waals surface area contributed by atoms with Crippen molar-refractivity contribution in [2.24, 2.45) is 0 Å². The Bertz CT molecular complexity index is 354. The molecule has 0 aromatic carbocycles. The number of nitrogens with zero attached hydrogens (tertiary/aromatic N) is 1. The fraction of sp³-hybridized carbons (Fsp3) is 0.667.